The normalized spacial score (nSPS) is 10.8. The zero-order valence-corrected chi connectivity index (χ0v) is 19.0. The maximum absolute atomic E-state index is 13.0. The highest BCUT2D eigenvalue weighted by molar-refractivity contribution is 6.03. The first-order chi connectivity index (χ1) is 17.2. The Morgan fingerprint density at radius 1 is 0.943 bits per heavy atom. The van der Waals surface area contributed by atoms with Crippen molar-refractivity contribution in [3.05, 3.63) is 97.4 Å². The van der Waals surface area contributed by atoms with Crippen LogP contribution in [0.2, 0.25) is 0 Å². The van der Waals surface area contributed by atoms with Gasteiger partial charge in [-0.2, -0.15) is 0 Å². The summed E-state index contributed by atoms with van der Waals surface area (Å²) in [6, 6.07) is 15.1. The first kappa shape index (κ1) is 22.0. The number of rotatable bonds is 7. The van der Waals surface area contributed by atoms with Crippen LogP contribution in [0, 0.1) is 0 Å². The van der Waals surface area contributed by atoms with E-state index in [9.17, 15) is 4.79 Å². The van der Waals surface area contributed by atoms with Gasteiger partial charge in [-0.25, -0.2) is 9.97 Å². The molecular formula is C26H22N8O. The van der Waals surface area contributed by atoms with Gasteiger partial charge in [-0.05, 0) is 42.3 Å². The van der Waals surface area contributed by atoms with Crippen LogP contribution in [-0.2, 0) is 6.42 Å². The van der Waals surface area contributed by atoms with E-state index in [1.807, 2.05) is 48.7 Å². The minimum Gasteiger partial charge on any atom is -0.321 e. The van der Waals surface area contributed by atoms with Crippen molar-refractivity contribution in [2.75, 3.05) is 5.32 Å². The molecule has 0 aliphatic rings. The van der Waals surface area contributed by atoms with E-state index in [2.05, 4.69) is 42.4 Å². The van der Waals surface area contributed by atoms with Crippen molar-refractivity contribution in [2.45, 2.75) is 19.8 Å². The third kappa shape index (κ3) is 4.93. The number of pyridine rings is 2. The smallest absolute Gasteiger partial charge is 0.274 e. The average molecular weight is 463 g/mol. The molecule has 0 bridgehead atoms. The van der Waals surface area contributed by atoms with E-state index < -0.39 is 0 Å². The molecule has 0 spiro atoms. The molecule has 0 saturated heterocycles. The van der Waals surface area contributed by atoms with E-state index in [-0.39, 0.29) is 5.91 Å². The van der Waals surface area contributed by atoms with Crippen molar-refractivity contribution in [3.8, 4) is 28.2 Å². The third-order valence-corrected chi connectivity index (χ3v) is 5.41. The fourth-order valence-corrected chi connectivity index (χ4v) is 3.70. The molecule has 0 saturated carbocycles. The number of hydrogen-bond acceptors (Lipinski definition) is 7. The van der Waals surface area contributed by atoms with Gasteiger partial charge in [0, 0.05) is 34.9 Å². The van der Waals surface area contributed by atoms with Crippen molar-refractivity contribution in [3.63, 3.8) is 0 Å². The van der Waals surface area contributed by atoms with Crippen molar-refractivity contribution in [1.82, 2.24) is 34.7 Å². The predicted molar refractivity (Wildman–Crippen MR) is 132 cm³/mol. The average Bonchev–Trinajstić information content (AvgIpc) is 3.40. The molecule has 0 aliphatic heterocycles. The summed E-state index contributed by atoms with van der Waals surface area (Å²) in [5.74, 6) is 0.299. The molecule has 172 valence electrons. The maximum Gasteiger partial charge on any atom is 0.274 e. The predicted octanol–water partition coefficient (Wildman–Crippen LogP) is 4.39. The lowest BCUT2D eigenvalue weighted by Crippen LogP contribution is -2.13. The molecule has 5 rings (SSSR count). The molecule has 4 heterocycles. The Morgan fingerprint density at radius 2 is 1.83 bits per heavy atom. The summed E-state index contributed by atoms with van der Waals surface area (Å²) in [7, 11) is 0. The number of amides is 1. The van der Waals surface area contributed by atoms with E-state index in [1.165, 1.54) is 6.33 Å². The topological polar surface area (TPSA) is 111 Å². The molecule has 35 heavy (non-hydrogen) atoms. The number of nitrogens with one attached hydrogen (secondary N) is 1. The molecule has 1 aromatic carbocycles. The van der Waals surface area contributed by atoms with Crippen molar-refractivity contribution in [1.29, 1.82) is 0 Å². The molecule has 9 nitrogen and oxygen atoms in total. The minimum atomic E-state index is -0.308. The van der Waals surface area contributed by atoms with Gasteiger partial charge in [0.15, 0.2) is 5.82 Å². The van der Waals surface area contributed by atoms with Crippen LogP contribution in [-0.4, -0.2) is 40.6 Å². The zero-order valence-electron chi connectivity index (χ0n) is 19.0. The van der Waals surface area contributed by atoms with Crippen LogP contribution in [0.3, 0.4) is 0 Å². The molecule has 4 aromatic heterocycles. The Labute approximate surface area is 202 Å². The van der Waals surface area contributed by atoms with Gasteiger partial charge in [-0.3, -0.25) is 19.3 Å². The van der Waals surface area contributed by atoms with Crippen LogP contribution in [0.4, 0.5) is 5.69 Å². The second kappa shape index (κ2) is 10.0. The summed E-state index contributed by atoms with van der Waals surface area (Å²) in [5.41, 5.74) is 5.32. The van der Waals surface area contributed by atoms with Crippen LogP contribution in [0.25, 0.3) is 28.2 Å². The molecule has 1 amide bonds. The number of nitrogens with zero attached hydrogens (tertiary/aromatic N) is 7. The highest BCUT2D eigenvalue weighted by atomic mass is 16.1. The number of carbonyl (C=O) groups excluding carboxylic acids is 1. The number of benzene rings is 1. The largest absolute Gasteiger partial charge is 0.321 e. The van der Waals surface area contributed by atoms with Crippen LogP contribution >= 0.6 is 0 Å². The highest BCUT2D eigenvalue weighted by Gasteiger charge is 2.13. The zero-order chi connectivity index (χ0) is 24.0. The monoisotopic (exact) mass is 462 g/mol. The van der Waals surface area contributed by atoms with E-state index >= 15 is 0 Å². The van der Waals surface area contributed by atoms with Gasteiger partial charge in [0.05, 0.1) is 18.1 Å². The Bertz CT molecular complexity index is 1450. The summed E-state index contributed by atoms with van der Waals surface area (Å²) < 4.78 is 1.78. The number of hydrogen-bond donors (Lipinski definition) is 1. The van der Waals surface area contributed by atoms with E-state index in [4.69, 9.17) is 0 Å². The summed E-state index contributed by atoms with van der Waals surface area (Å²) in [6.07, 6.45) is 11.9. The first-order valence-corrected chi connectivity index (χ1v) is 11.2. The van der Waals surface area contributed by atoms with E-state index in [0.717, 1.165) is 40.9 Å². The number of aromatic nitrogens is 7. The van der Waals surface area contributed by atoms with Crippen molar-refractivity contribution in [2.24, 2.45) is 0 Å². The molecule has 0 atom stereocenters. The van der Waals surface area contributed by atoms with Gasteiger partial charge in [-0.1, -0.05) is 31.5 Å². The van der Waals surface area contributed by atoms with Crippen LogP contribution in [0.1, 0.15) is 29.5 Å². The lowest BCUT2D eigenvalue weighted by molar-refractivity contribution is 0.102. The lowest BCUT2D eigenvalue weighted by Gasteiger charge is -2.09. The Kier molecular flexibility index (Phi) is 6.29. The van der Waals surface area contributed by atoms with Gasteiger partial charge in [0.1, 0.15) is 18.3 Å². The standard InChI is InChI=1S/C26H22N8O/c1-2-4-21-8-7-20(13-30-21)18-9-10-29-24(12-18)26(35)32-22-6-3-5-19(11-22)25-33-31-17-34(25)23-14-27-16-28-15-23/h3,5-17H,2,4H2,1H3,(H,32,35). The number of aryl methyl sites for hydroxylation is 1. The second-order valence-electron chi connectivity index (χ2n) is 7.87. The fourth-order valence-electron chi connectivity index (χ4n) is 3.70. The molecule has 0 radical (unpaired) electrons. The molecule has 9 heteroatoms. The number of carbonyl (C=O) groups is 1. The second-order valence-corrected chi connectivity index (χ2v) is 7.87. The molecule has 0 fully saturated rings. The van der Waals surface area contributed by atoms with Gasteiger partial charge < -0.3 is 5.32 Å². The fraction of sp³-hybridized carbons (Fsp3) is 0.115. The molecule has 1 N–H and O–H groups in total. The molecule has 0 unspecified atom stereocenters. The van der Waals surface area contributed by atoms with Crippen molar-refractivity contribution >= 4 is 11.6 Å². The van der Waals surface area contributed by atoms with Crippen LogP contribution in [0.15, 0.2) is 86.0 Å². The van der Waals surface area contributed by atoms with Crippen LogP contribution in [0.5, 0.6) is 0 Å². The van der Waals surface area contributed by atoms with Crippen molar-refractivity contribution < 1.29 is 4.79 Å². The van der Waals surface area contributed by atoms with Gasteiger partial charge in [0.2, 0.25) is 0 Å². The molecule has 0 aliphatic carbocycles. The first-order valence-electron chi connectivity index (χ1n) is 11.2. The van der Waals surface area contributed by atoms with Gasteiger partial charge >= 0.3 is 0 Å². The quantitative estimate of drug-likeness (QED) is 0.382. The Hall–Kier alpha value is -4.79. The van der Waals surface area contributed by atoms with E-state index in [1.54, 1.807) is 35.6 Å². The molecule has 5 aromatic rings. The van der Waals surface area contributed by atoms with Gasteiger partial charge in [-0.15, -0.1) is 10.2 Å². The SMILES string of the molecule is CCCc1ccc(-c2ccnc(C(=O)Nc3cccc(-c4nncn4-c4cncnc4)c3)c2)cn1. The summed E-state index contributed by atoms with van der Waals surface area (Å²) in [4.78, 5) is 29.9. The Morgan fingerprint density at radius 3 is 2.63 bits per heavy atom. The third-order valence-electron chi connectivity index (χ3n) is 5.41. The number of anilines is 1. The molecular weight excluding hydrogens is 440 g/mol. The summed E-state index contributed by atoms with van der Waals surface area (Å²) in [5, 5.41) is 11.2. The lowest BCUT2D eigenvalue weighted by atomic mass is 10.1. The van der Waals surface area contributed by atoms with E-state index in [0.29, 0.717) is 17.2 Å². The maximum atomic E-state index is 13.0. The van der Waals surface area contributed by atoms with Crippen LogP contribution < -0.4 is 5.32 Å². The summed E-state index contributed by atoms with van der Waals surface area (Å²) in [6.45, 7) is 2.13. The van der Waals surface area contributed by atoms with Gasteiger partial charge in [0.25, 0.3) is 5.91 Å². The summed E-state index contributed by atoms with van der Waals surface area (Å²) >= 11 is 0. The highest BCUT2D eigenvalue weighted by Crippen LogP contribution is 2.24. The minimum absolute atomic E-state index is 0.308. The Balaban J connectivity index is 1.36.